The van der Waals surface area contributed by atoms with Gasteiger partial charge in [-0.2, -0.15) is 13.2 Å². The van der Waals surface area contributed by atoms with Crippen LogP contribution in [0.3, 0.4) is 0 Å². The van der Waals surface area contributed by atoms with Crippen LogP contribution in [0, 0.1) is 0 Å². The minimum Gasteiger partial charge on any atom is -0.396 e. The Morgan fingerprint density at radius 3 is 1.95 bits per heavy atom. The highest BCUT2D eigenvalue weighted by Crippen LogP contribution is 2.25. The largest absolute Gasteiger partial charge is 0.414 e. The summed E-state index contributed by atoms with van der Waals surface area (Å²) in [6.07, 6.45) is 2.16. The van der Waals surface area contributed by atoms with Crippen LogP contribution in [0.4, 0.5) is 13.2 Å². The van der Waals surface area contributed by atoms with E-state index in [2.05, 4.69) is 6.92 Å². The summed E-state index contributed by atoms with van der Waals surface area (Å²) in [5, 5.41) is 8.56. The molecule has 0 aromatic rings. The van der Waals surface area contributed by atoms with Crippen molar-refractivity contribution in [1.29, 1.82) is 0 Å². The zero-order valence-electron chi connectivity index (χ0n) is 11.8. The van der Waals surface area contributed by atoms with Gasteiger partial charge in [-0.1, -0.05) is 51.9 Å². The molecule has 0 saturated heterocycles. The Bertz CT molecular complexity index is 196. The number of aliphatic hydroxyl groups is 1. The molecule has 1 N–H and O–H groups in total. The van der Waals surface area contributed by atoms with Crippen molar-refractivity contribution >= 4 is 0 Å². The second-order valence-corrected chi connectivity index (χ2v) is 4.89. The van der Waals surface area contributed by atoms with Gasteiger partial charge in [0.15, 0.2) is 6.10 Å². The number of halogens is 3. The van der Waals surface area contributed by atoms with Crippen molar-refractivity contribution in [3.63, 3.8) is 0 Å². The second kappa shape index (κ2) is 11.5. The van der Waals surface area contributed by atoms with Crippen molar-refractivity contribution in [3.05, 3.63) is 0 Å². The maximum atomic E-state index is 12.4. The third-order valence-electron chi connectivity index (χ3n) is 3.07. The fraction of sp³-hybridized carbons (Fsp3) is 1.00. The third-order valence-corrected chi connectivity index (χ3v) is 3.07. The SMILES string of the molecule is CCCCCCCCCCOC(CCO)C(F)(F)F. The number of ether oxygens (including phenoxy) is 1. The van der Waals surface area contributed by atoms with Crippen LogP contribution in [0.25, 0.3) is 0 Å². The van der Waals surface area contributed by atoms with E-state index in [-0.39, 0.29) is 13.0 Å². The highest BCUT2D eigenvalue weighted by molar-refractivity contribution is 4.67. The Kier molecular flexibility index (Phi) is 11.4. The monoisotopic (exact) mass is 284 g/mol. The van der Waals surface area contributed by atoms with Gasteiger partial charge in [0.1, 0.15) is 0 Å². The number of hydrogen-bond acceptors (Lipinski definition) is 2. The molecule has 1 atom stereocenters. The Balaban J connectivity index is 3.45. The molecule has 2 nitrogen and oxygen atoms in total. The van der Waals surface area contributed by atoms with Crippen molar-refractivity contribution in [2.75, 3.05) is 13.2 Å². The lowest BCUT2D eigenvalue weighted by molar-refractivity contribution is -0.224. The van der Waals surface area contributed by atoms with Gasteiger partial charge in [0.2, 0.25) is 0 Å². The van der Waals surface area contributed by atoms with Crippen molar-refractivity contribution in [1.82, 2.24) is 0 Å². The summed E-state index contributed by atoms with van der Waals surface area (Å²) >= 11 is 0. The first kappa shape index (κ1) is 18.7. The molecule has 0 fully saturated rings. The van der Waals surface area contributed by atoms with Gasteiger partial charge in [0.25, 0.3) is 0 Å². The molecule has 0 aliphatic carbocycles. The van der Waals surface area contributed by atoms with E-state index in [9.17, 15) is 13.2 Å². The molecule has 0 aliphatic rings. The zero-order valence-corrected chi connectivity index (χ0v) is 11.8. The average Bonchev–Trinajstić information content (AvgIpc) is 2.34. The molecule has 19 heavy (non-hydrogen) atoms. The molecular formula is C14H27F3O2. The summed E-state index contributed by atoms with van der Waals surface area (Å²) in [5.41, 5.74) is 0. The van der Waals surface area contributed by atoms with Gasteiger partial charge >= 0.3 is 6.18 Å². The van der Waals surface area contributed by atoms with Crippen molar-refractivity contribution in [3.8, 4) is 0 Å². The first-order valence-electron chi connectivity index (χ1n) is 7.31. The van der Waals surface area contributed by atoms with E-state index in [0.29, 0.717) is 6.42 Å². The summed E-state index contributed by atoms with van der Waals surface area (Å²) in [6.45, 7) is 1.79. The number of rotatable bonds is 12. The van der Waals surface area contributed by atoms with Gasteiger partial charge in [-0.15, -0.1) is 0 Å². The number of hydrogen-bond donors (Lipinski definition) is 1. The van der Waals surface area contributed by atoms with Crippen LogP contribution in [0.2, 0.25) is 0 Å². The number of unbranched alkanes of at least 4 members (excludes halogenated alkanes) is 7. The topological polar surface area (TPSA) is 29.5 Å². The van der Waals surface area contributed by atoms with Gasteiger partial charge in [-0.3, -0.25) is 0 Å². The normalized spacial score (nSPS) is 13.7. The standard InChI is InChI=1S/C14H27F3O2/c1-2-3-4-5-6-7-8-9-12-19-13(10-11-18)14(15,16)17/h13,18H,2-12H2,1H3. The van der Waals surface area contributed by atoms with Crippen molar-refractivity contribution in [2.45, 2.75) is 77.0 Å². The molecule has 0 aromatic carbocycles. The summed E-state index contributed by atoms with van der Waals surface area (Å²) in [6, 6.07) is 0. The van der Waals surface area contributed by atoms with E-state index in [1.807, 2.05) is 0 Å². The molecule has 5 heteroatoms. The van der Waals surface area contributed by atoms with Gasteiger partial charge in [0, 0.05) is 19.6 Å². The lowest BCUT2D eigenvalue weighted by Crippen LogP contribution is -2.32. The van der Waals surface area contributed by atoms with Crippen LogP contribution < -0.4 is 0 Å². The third kappa shape index (κ3) is 11.3. The van der Waals surface area contributed by atoms with Gasteiger partial charge < -0.3 is 9.84 Å². The van der Waals surface area contributed by atoms with Crippen molar-refractivity contribution in [2.24, 2.45) is 0 Å². The van der Waals surface area contributed by atoms with E-state index in [1.54, 1.807) is 0 Å². The predicted molar refractivity (Wildman–Crippen MR) is 70.1 cm³/mol. The summed E-state index contributed by atoms with van der Waals surface area (Å²) < 4.78 is 42.1. The van der Waals surface area contributed by atoms with Crippen molar-refractivity contribution < 1.29 is 23.0 Å². The average molecular weight is 284 g/mol. The molecule has 0 aliphatic heterocycles. The number of aliphatic hydroxyl groups excluding tert-OH is 1. The van der Waals surface area contributed by atoms with Gasteiger partial charge in [-0.25, -0.2) is 0 Å². The zero-order chi connectivity index (χ0) is 14.6. The van der Waals surface area contributed by atoms with Gasteiger partial charge in [-0.05, 0) is 6.42 Å². The second-order valence-electron chi connectivity index (χ2n) is 4.89. The molecular weight excluding hydrogens is 257 g/mol. The number of alkyl halides is 3. The fourth-order valence-corrected chi connectivity index (χ4v) is 1.92. The van der Waals surface area contributed by atoms with Crippen LogP contribution in [-0.4, -0.2) is 30.6 Å². The Hall–Kier alpha value is -0.290. The first-order valence-corrected chi connectivity index (χ1v) is 7.31. The maximum absolute atomic E-state index is 12.4. The summed E-state index contributed by atoms with van der Waals surface area (Å²) in [5.74, 6) is 0. The van der Waals surface area contributed by atoms with E-state index in [1.165, 1.54) is 25.7 Å². The molecule has 0 amide bonds. The van der Waals surface area contributed by atoms with Crippen LogP contribution in [0.5, 0.6) is 0 Å². The molecule has 0 spiro atoms. The molecule has 0 bridgehead atoms. The minimum atomic E-state index is -4.37. The molecule has 0 rings (SSSR count). The Labute approximate surface area is 114 Å². The smallest absolute Gasteiger partial charge is 0.396 e. The predicted octanol–water partition coefficient (Wildman–Crippen LogP) is 4.46. The lowest BCUT2D eigenvalue weighted by Gasteiger charge is -2.19. The highest BCUT2D eigenvalue weighted by Gasteiger charge is 2.39. The lowest BCUT2D eigenvalue weighted by atomic mass is 10.1. The van der Waals surface area contributed by atoms with Crippen LogP contribution in [0.15, 0.2) is 0 Å². The minimum absolute atomic E-state index is 0.124. The summed E-state index contributed by atoms with van der Waals surface area (Å²) in [4.78, 5) is 0. The Morgan fingerprint density at radius 2 is 1.47 bits per heavy atom. The molecule has 116 valence electrons. The van der Waals surface area contributed by atoms with E-state index < -0.39 is 18.9 Å². The summed E-state index contributed by atoms with van der Waals surface area (Å²) in [7, 11) is 0. The van der Waals surface area contributed by atoms with Crippen LogP contribution in [0.1, 0.15) is 64.7 Å². The van der Waals surface area contributed by atoms with E-state index in [4.69, 9.17) is 9.84 Å². The molecule has 0 aromatic heterocycles. The van der Waals surface area contributed by atoms with E-state index in [0.717, 1.165) is 19.3 Å². The molecule has 0 saturated carbocycles. The van der Waals surface area contributed by atoms with Crippen LogP contribution in [-0.2, 0) is 4.74 Å². The fourth-order valence-electron chi connectivity index (χ4n) is 1.92. The first-order chi connectivity index (χ1) is 9.02. The highest BCUT2D eigenvalue weighted by atomic mass is 19.4. The van der Waals surface area contributed by atoms with Gasteiger partial charge in [0.05, 0.1) is 0 Å². The quantitative estimate of drug-likeness (QED) is 0.536. The molecule has 0 heterocycles. The molecule has 1 unspecified atom stereocenters. The Morgan fingerprint density at radius 1 is 0.947 bits per heavy atom. The maximum Gasteiger partial charge on any atom is 0.414 e. The van der Waals surface area contributed by atoms with E-state index >= 15 is 0 Å². The van der Waals surface area contributed by atoms with Crippen LogP contribution >= 0.6 is 0 Å². The molecule has 0 radical (unpaired) electrons.